The molecular formula is C30H40ClN3O2. The number of esters is 1. The first-order valence-corrected chi connectivity index (χ1v) is 13.7. The second-order valence-corrected chi connectivity index (χ2v) is 9.55. The fourth-order valence-electron chi connectivity index (χ4n) is 4.36. The number of halogens is 1. The minimum Gasteiger partial charge on any atom is -0.462 e. The van der Waals surface area contributed by atoms with E-state index in [1.807, 2.05) is 37.3 Å². The summed E-state index contributed by atoms with van der Waals surface area (Å²) >= 11 is 6.75. The maximum absolute atomic E-state index is 11.9. The third kappa shape index (κ3) is 7.94. The van der Waals surface area contributed by atoms with Gasteiger partial charge in [-0.1, -0.05) is 80.8 Å². The molecule has 0 aliphatic carbocycles. The molecule has 3 rings (SSSR count). The van der Waals surface area contributed by atoms with E-state index >= 15 is 0 Å². The Bertz CT molecular complexity index is 1060. The van der Waals surface area contributed by atoms with Crippen molar-refractivity contribution in [2.45, 2.75) is 72.4 Å². The van der Waals surface area contributed by atoms with Gasteiger partial charge in [-0.15, -0.1) is 0 Å². The minimum absolute atomic E-state index is 0.263. The Balaban J connectivity index is 1.70. The maximum atomic E-state index is 11.9. The molecule has 0 bridgehead atoms. The topological polar surface area (TPSA) is 47.4 Å². The van der Waals surface area contributed by atoms with E-state index in [2.05, 4.69) is 47.6 Å². The summed E-state index contributed by atoms with van der Waals surface area (Å²) in [5, 5.41) is 0.612. The zero-order chi connectivity index (χ0) is 25.8. The van der Waals surface area contributed by atoms with Crippen molar-refractivity contribution in [3.63, 3.8) is 0 Å². The minimum atomic E-state index is -0.263. The van der Waals surface area contributed by atoms with Gasteiger partial charge in [0, 0.05) is 18.7 Å². The largest absolute Gasteiger partial charge is 0.462 e. The van der Waals surface area contributed by atoms with Gasteiger partial charge in [0.1, 0.15) is 5.82 Å². The fraction of sp³-hybridized carbons (Fsp3) is 0.467. The molecule has 1 aromatic heterocycles. The Labute approximate surface area is 221 Å². The standard InChI is InChI=1S/C30H40ClN3O2/c1-4-7-20-33(21-12-13-24-16-18-26(19-17-24)30(35)36-6-3)23-27-28(31)32-29(34(27)22-8-5-2)25-14-10-9-11-15-25/h9-11,14-19H,4-8,12-13,20-23H2,1-3H3. The maximum Gasteiger partial charge on any atom is 0.338 e. The van der Waals surface area contributed by atoms with E-state index in [1.165, 1.54) is 5.56 Å². The normalized spacial score (nSPS) is 11.2. The van der Waals surface area contributed by atoms with Gasteiger partial charge >= 0.3 is 5.97 Å². The van der Waals surface area contributed by atoms with Crippen molar-refractivity contribution < 1.29 is 9.53 Å². The summed E-state index contributed by atoms with van der Waals surface area (Å²) < 4.78 is 7.41. The Morgan fingerprint density at radius 1 is 0.944 bits per heavy atom. The summed E-state index contributed by atoms with van der Waals surface area (Å²) in [5.41, 5.74) is 4.05. The van der Waals surface area contributed by atoms with Crippen LogP contribution < -0.4 is 0 Å². The van der Waals surface area contributed by atoms with E-state index in [1.54, 1.807) is 0 Å². The van der Waals surface area contributed by atoms with Crippen LogP contribution in [0, 0.1) is 0 Å². The van der Waals surface area contributed by atoms with Crippen LogP contribution in [0.3, 0.4) is 0 Å². The van der Waals surface area contributed by atoms with Gasteiger partial charge < -0.3 is 9.30 Å². The third-order valence-corrected chi connectivity index (χ3v) is 6.70. The van der Waals surface area contributed by atoms with Crippen LogP contribution in [0.15, 0.2) is 54.6 Å². The van der Waals surface area contributed by atoms with Crippen LogP contribution >= 0.6 is 11.6 Å². The molecule has 194 valence electrons. The number of hydrogen-bond acceptors (Lipinski definition) is 4. The fourth-order valence-corrected chi connectivity index (χ4v) is 4.61. The van der Waals surface area contributed by atoms with E-state index in [0.717, 1.165) is 81.8 Å². The number of rotatable bonds is 15. The summed E-state index contributed by atoms with van der Waals surface area (Å²) in [6.07, 6.45) is 6.53. The molecule has 36 heavy (non-hydrogen) atoms. The lowest BCUT2D eigenvalue weighted by molar-refractivity contribution is 0.0526. The summed E-state index contributed by atoms with van der Waals surface area (Å²) in [6, 6.07) is 18.1. The van der Waals surface area contributed by atoms with Crippen molar-refractivity contribution in [3.8, 4) is 11.4 Å². The number of imidazole rings is 1. The monoisotopic (exact) mass is 509 g/mol. The highest BCUT2D eigenvalue weighted by molar-refractivity contribution is 6.30. The molecule has 0 spiro atoms. The first kappa shape index (κ1) is 27.9. The molecule has 0 saturated heterocycles. The van der Waals surface area contributed by atoms with Gasteiger partial charge in [-0.05, 0) is 63.4 Å². The Morgan fingerprint density at radius 2 is 1.64 bits per heavy atom. The van der Waals surface area contributed by atoms with Crippen LogP contribution in [0.25, 0.3) is 11.4 Å². The van der Waals surface area contributed by atoms with Crippen LogP contribution in [-0.4, -0.2) is 40.1 Å². The molecule has 0 saturated carbocycles. The van der Waals surface area contributed by atoms with Crippen molar-refractivity contribution in [1.29, 1.82) is 0 Å². The number of unbranched alkanes of at least 4 members (excludes halogenated alkanes) is 2. The van der Waals surface area contributed by atoms with Gasteiger partial charge in [0.2, 0.25) is 0 Å². The molecule has 0 fully saturated rings. The molecule has 5 nitrogen and oxygen atoms in total. The van der Waals surface area contributed by atoms with Gasteiger partial charge in [-0.2, -0.15) is 0 Å². The van der Waals surface area contributed by atoms with E-state index < -0.39 is 0 Å². The van der Waals surface area contributed by atoms with Gasteiger partial charge in [-0.25, -0.2) is 9.78 Å². The lowest BCUT2D eigenvalue weighted by Gasteiger charge is -2.23. The predicted octanol–water partition coefficient (Wildman–Crippen LogP) is 7.42. The Kier molecular flexibility index (Phi) is 11.5. The van der Waals surface area contributed by atoms with Gasteiger partial charge in [-0.3, -0.25) is 4.90 Å². The van der Waals surface area contributed by atoms with Crippen LogP contribution in [0.5, 0.6) is 0 Å². The van der Waals surface area contributed by atoms with Crippen molar-refractivity contribution in [2.75, 3.05) is 19.7 Å². The number of aromatic nitrogens is 2. The van der Waals surface area contributed by atoms with Gasteiger partial charge in [0.25, 0.3) is 0 Å². The number of carbonyl (C=O) groups is 1. The third-order valence-electron chi connectivity index (χ3n) is 6.40. The molecule has 3 aromatic rings. The quantitative estimate of drug-likeness (QED) is 0.200. The van der Waals surface area contributed by atoms with Crippen molar-refractivity contribution >= 4 is 17.6 Å². The highest BCUT2D eigenvalue weighted by Crippen LogP contribution is 2.27. The first-order valence-electron chi connectivity index (χ1n) is 13.4. The van der Waals surface area contributed by atoms with Crippen LogP contribution in [0.2, 0.25) is 5.15 Å². The lowest BCUT2D eigenvalue weighted by atomic mass is 10.1. The zero-order valence-electron chi connectivity index (χ0n) is 22.0. The van der Waals surface area contributed by atoms with Crippen molar-refractivity contribution in [2.24, 2.45) is 0 Å². The summed E-state index contributed by atoms with van der Waals surface area (Å²) in [6.45, 7) is 10.4. The van der Waals surface area contributed by atoms with Crippen molar-refractivity contribution in [3.05, 3.63) is 76.6 Å². The van der Waals surface area contributed by atoms with Crippen LogP contribution in [0.1, 0.15) is 74.5 Å². The summed E-state index contributed by atoms with van der Waals surface area (Å²) in [5.74, 6) is 0.697. The highest BCUT2D eigenvalue weighted by atomic mass is 35.5. The molecule has 0 N–H and O–H groups in total. The second-order valence-electron chi connectivity index (χ2n) is 9.19. The average Bonchev–Trinajstić information content (AvgIpc) is 3.21. The molecule has 0 aliphatic rings. The SMILES string of the molecule is CCCCN(CCCc1ccc(C(=O)OCC)cc1)Cc1c(Cl)nc(-c2ccccc2)n1CCCC. The van der Waals surface area contributed by atoms with E-state index in [0.29, 0.717) is 17.3 Å². The molecule has 0 unspecified atom stereocenters. The van der Waals surface area contributed by atoms with E-state index in [-0.39, 0.29) is 5.97 Å². The number of ether oxygens (including phenoxy) is 1. The van der Waals surface area contributed by atoms with E-state index in [4.69, 9.17) is 21.3 Å². The second kappa shape index (κ2) is 14.8. The van der Waals surface area contributed by atoms with Crippen LogP contribution in [0.4, 0.5) is 0 Å². The lowest BCUT2D eigenvalue weighted by Crippen LogP contribution is -2.27. The number of nitrogens with zero attached hydrogens (tertiary/aromatic N) is 3. The first-order chi connectivity index (χ1) is 17.6. The number of carbonyl (C=O) groups excluding carboxylic acids is 1. The Hall–Kier alpha value is -2.63. The van der Waals surface area contributed by atoms with Gasteiger partial charge in [0.05, 0.1) is 17.9 Å². The predicted molar refractivity (Wildman–Crippen MR) is 148 cm³/mol. The average molecular weight is 510 g/mol. The molecule has 0 atom stereocenters. The molecule has 1 heterocycles. The molecular weight excluding hydrogens is 470 g/mol. The van der Waals surface area contributed by atoms with Crippen LogP contribution in [-0.2, 0) is 24.2 Å². The number of hydrogen-bond donors (Lipinski definition) is 0. The summed E-state index contributed by atoms with van der Waals surface area (Å²) in [7, 11) is 0. The zero-order valence-corrected chi connectivity index (χ0v) is 22.8. The molecule has 0 radical (unpaired) electrons. The van der Waals surface area contributed by atoms with Crippen molar-refractivity contribution in [1.82, 2.24) is 14.5 Å². The molecule has 0 amide bonds. The van der Waals surface area contributed by atoms with Gasteiger partial charge in [0.15, 0.2) is 5.15 Å². The number of aryl methyl sites for hydroxylation is 1. The highest BCUT2D eigenvalue weighted by Gasteiger charge is 2.19. The Morgan fingerprint density at radius 3 is 2.31 bits per heavy atom. The molecule has 2 aromatic carbocycles. The van der Waals surface area contributed by atoms with E-state index in [9.17, 15) is 4.79 Å². The summed E-state index contributed by atoms with van der Waals surface area (Å²) in [4.78, 5) is 19.2. The molecule has 6 heteroatoms. The number of benzene rings is 2. The molecule has 0 aliphatic heterocycles. The smallest absolute Gasteiger partial charge is 0.338 e.